The van der Waals surface area contributed by atoms with Gasteiger partial charge in [0.15, 0.2) is 0 Å². The molecule has 0 unspecified atom stereocenters. The van der Waals surface area contributed by atoms with Crippen LogP contribution in [0.1, 0.15) is 19.3 Å². The molecule has 2 amide bonds. The van der Waals surface area contributed by atoms with Crippen molar-refractivity contribution in [1.82, 2.24) is 15.6 Å². The third-order valence-electron chi connectivity index (χ3n) is 4.53. The van der Waals surface area contributed by atoms with Crippen LogP contribution < -0.4 is 15.5 Å². The molecule has 0 bridgehead atoms. The second kappa shape index (κ2) is 7.46. The Balaban J connectivity index is 1.40. The molecule has 2 atom stereocenters. The Bertz CT molecular complexity index is 541. The molecular formula is C17H24N4O2. The molecule has 3 rings (SSSR count). The molecule has 1 aliphatic heterocycles. The first-order valence-corrected chi connectivity index (χ1v) is 8.27. The van der Waals surface area contributed by atoms with Crippen molar-refractivity contribution in [2.24, 2.45) is 5.92 Å². The zero-order valence-electron chi connectivity index (χ0n) is 13.2. The SMILES string of the molecule is O=C(NC1CCN(c2ccccn2)CC1)N[C@@H]1C=C[C@H](CO)C1. The fourth-order valence-corrected chi connectivity index (χ4v) is 3.21. The maximum Gasteiger partial charge on any atom is 0.315 e. The normalized spacial score (nSPS) is 24.7. The van der Waals surface area contributed by atoms with Crippen molar-refractivity contribution in [3.05, 3.63) is 36.5 Å². The zero-order chi connectivity index (χ0) is 16.1. The number of pyridine rings is 1. The van der Waals surface area contributed by atoms with Gasteiger partial charge in [0, 0.05) is 43.9 Å². The van der Waals surface area contributed by atoms with Gasteiger partial charge in [-0.05, 0) is 31.4 Å². The number of carbonyl (C=O) groups is 1. The molecular weight excluding hydrogens is 292 g/mol. The predicted octanol–water partition coefficient (Wildman–Crippen LogP) is 1.29. The molecule has 1 aliphatic carbocycles. The number of hydrogen-bond donors (Lipinski definition) is 3. The maximum atomic E-state index is 12.1. The fraction of sp³-hybridized carbons (Fsp3) is 0.529. The molecule has 124 valence electrons. The number of carbonyl (C=O) groups excluding carboxylic acids is 1. The number of anilines is 1. The highest BCUT2D eigenvalue weighted by Crippen LogP contribution is 2.18. The average molecular weight is 316 g/mol. The summed E-state index contributed by atoms with van der Waals surface area (Å²) >= 11 is 0. The number of piperidine rings is 1. The molecule has 2 heterocycles. The molecule has 6 heteroatoms. The van der Waals surface area contributed by atoms with E-state index in [-0.39, 0.29) is 30.6 Å². The highest BCUT2D eigenvalue weighted by molar-refractivity contribution is 5.75. The van der Waals surface area contributed by atoms with Crippen LogP contribution in [0.15, 0.2) is 36.5 Å². The molecule has 1 aromatic rings. The number of amides is 2. The lowest BCUT2D eigenvalue weighted by Crippen LogP contribution is -2.49. The van der Waals surface area contributed by atoms with E-state index < -0.39 is 0 Å². The summed E-state index contributed by atoms with van der Waals surface area (Å²) in [6.07, 6.45) is 8.36. The lowest BCUT2D eigenvalue weighted by atomic mass is 10.1. The van der Waals surface area contributed by atoms with Crippen molar-refractivity contribution in [3.63, 3.8) is 0 Å². The number of aliphatic hydroxyl groups is 1. The summed E-state index contributed by atoms with van der Waals surface area (Å²) in [4.78, 5) is 18.7. The highest BCUT2D eigenvalue weighted by Gasteiger charge is 2.23. The standard InChI is InChI=1S/C17H24N4O2/c22-12-13-4-5-15(11-13)20-17(23)19-14-6-9-21(10-7-14)16-3-1-2-8-18-16/h1-5,8,13-15,22H,6-7,9-12H2,(H2,19,20,23)/t13-,15+/m0/s1. The summed E-state index contributed by atoms with van der Waals surface area (Å²) in [6.45, 7) is 1.94. The van der Waals surface area contributed by atoms with Crippen LogP contribution in [0.4, 0.5) is 10.6 Å². The smallest absolute Gasteiger partial charge is 0.315 e. The minimum atomic E-state index is -0.116. The van der Waals surface area contributed by atoms with Gasteiger partial charge in [-0.1, -0.05) is 18.2 Å². The Morgan fingerprint density at radius 1 is 1.26 bits per heavy atom. The monoisotopic (exact) mass is 316 g/mol. The average Bonchev–Trinajstić information content (AvgIpc) is 3.04. The summed E-state index contributed by atoms with van der Waals surface area (Å²) in [5.41, 5.74) is 0. The van der Waals surface area contributed by atoms with Gasteiger partial charge in [-0.3, -0.25) is 0 Å². The Morgan fingerprint density at radius 3 is 2.74 bits per heavy atom. The van der Waals surface area contributed by atoms with Crippen LogP contribution in [0.3, 0.4) is 0 Å². The number of aromatic nitrogens is 1. The van der Waals surface area contributed by atoms with E-state index >= 15 is 0 Å². The van der Waals surface area contributed by atoms with E-state index in [1.54, 1.807) is 0 Å². The van der Waals surface area contributed by atoms with Crippen molar-refractivity contribution in [3.8, 4) is 0 Å². The van der Waals surface area contributed by atoms with Gasteiger partial charge in [0.2, 0.25) is 0 Å². The molecule has 1 fully saturated rings. The van der Waals surface area contributed by atoms with E-state index in [1.165, 1.54) is 0 Å². The first-order chi connectivity index (χ1) is 11.2. The lowest BCUT2D eigenvalue weighted by Gasteiger charge is -2.33. The summed E-state index contributed by atoms with van der Waals surface area (Å²) in [6, 6.07) is 6.05. The zero-order valence-corrected chi connectivity index (χ0v) is 13.2. The third-order valence-corrected chi connectivity index (χ3v) is 4.53. The molecule has 0 saturated carbocycles. The Morgan fingerprint density at radius 2 is 2.09 bits per heavy atom. The molecule has 23 heavy (non-hydrogen) atoms. The predicted molar refractivity (Wildman–Crippen MR) is 89.3 cm³/mol. The van der Waals surface area contributed by atoms with Crippen molar-refractivity contribution >= 4 is 11.8 Å². The summed E-state index contributed by atoms with van der Waals surface area (Å²) in [5, 5.41) is 15.1. The van der Waals surface area contributed by atoms with Gasteiger partial charge in [0.05, 0.1) is 0 Å². The van der Waals surface area contributed by atoms with Gasteiger partial charge in [-0.2, -0.15) is 0 Å². The number of rotatable bonds is 4. The summed E-state index contributed by atoms with van der Waals surface area (Å²) in [5.74, 6) is 1.17. The van der Waals surface area contributed by atoms with E-state index in [4.69, 9.17) is 5.11 Å². The maximum absolute atomic E-state index is 12.1. The van der Waals surface area contributed by atoms with E-state index in [2.05, 4.69) is 20.5 Å². The van der Waals surface area contributed by atoms with Crippen molar-refractivity contribution < 1.29 is 9.90 Å². The summed E-state index contributed by atoms with van der Waals surface area (Å²) < 4.78 is 0. The molecule has 0 aromatic carbocycles. The van der Waals surface area contributed by atoms with Crippen molar-refractivity contribution in [2.45, 2.75) is 31.3 Å². The molecule has 1 aromatic heterocycles. The second-order valence-corrected chi connectivity index (χ2v) is 6.24. The number of nitrogens with one attached hydrogen (secondary N) is 2. The largest absolute Gasteiger partial charge is 0.396 e. The molecule has 6 nitrogen and oxygen atoms in total. The number of nitrogens with zero attached hydrogens (tertiary/aromatic N) is 2. The first kappa shape index (κ1) is 15.8. The second-order valence-electron chi connectivity index (χ2n) is 6.24. The minimum Gasteiger partial charge on any atom is -0.396 e. The molecule has 1 saturated heterocycles. The third kappa shape index (κ3) is 4.22. The van der Waals surface area contributed by atoms with Gasteiger partial charge < -0.3 is 20.6 Å². The van der Waals surface area contributed by atoms with E-state index in [1.807, 2.05) is 36.5 Å². The van der Waals surface area contributed by atoms with Crippen molar-refractivity contribution in [1.29, 1.82) is 0 Å². The highest BCUT2D eigenvalue weighted by atomic mass is 16.3. The van der Waals surface area contributed by atoms with Gasteiger partial charge in [-0.15, -0.1) is 0 Å². The molecule has 3 N–H and O–H groups in total. The van der Waals surface area contributed by atoms with Crippen LogP contribution in [-0.2, 0) is 0 Å². The minimum absolute atomic E-state index is 0.0285. The van der Waals surface area contributed by atoms with Crippen LogP contribution in [-0.4, -0.2) is 47.9 Å². The molecule has 0 spiro atoms. The van der Waals surface area contributed by atoms with Crippen LogP contribution in [0.25, 0.3) is 0 Å². The van der Waals surface area contributed by atoms with E-state index in [0.29, 0.717) is 0 Å². The summed E-state index contributed by atoms with van der Waals surface area (Å²) in [7, 11) is 0. The number of urea groups is 1. The quantitative estimate of drug-likeness (QED) is 0.732. The van der Waals surface area contributed by atoms with E-state index in [9.17, 15) is 4.79 Å². The van der Waals surface area contributed by atoms with Gasteiger partial charge >= 0.3 is 6.03 Å². The Kier molecular flexibility index (Phi) is 5.12. The molecule has 2 aliphatic rings. The van der Waals surface area contributed by atoms with Gasteiger partial charge in [0.25, 0.3) is 0 Å². The number of aliphatic hydroxyl groups excluding tert-OH is 1. The Labute approximate surface area is 136 Å². The van der Waals surface area contributed by atoms with Crippen LogP contribution in [0.2, 0.25) is 0 Å². The molecule has 0 radical (unpaired) electrons. The van der Waals surface area contributed by atoms with Gasteiger partial charge in [0.1, 0.15) is 5.82 Å². The first-order valence-electron chi connectivity index (χ1n) is 8.27. The topological polar surface area (TPSA) is 77.5 Å². The lowest BCUT2D eigenvalue weighted by molar-refractivity contribution is 0.226. The number of hydrogen-bond acceptors (Lipinski definition) is 4. The fourth-order valence-electron chi connectivity index (χ4n) is 3.21. The van der Waals surface area contributed by atoms with Gasteiger partial charge in [-0.25, -0.2) is 9.78 Å². The van der Waals surface area contributed by atoms with E-state index in [0.717, 1.165) is 38.2 Å². The van der Waals surface area contributed by atoms with Crippen LogP contribution in [0, 0.1) is 5.92 Å². The van der Waals surface area contributed by atoms with Crippen LogP contribution in [0.5, 0.6) is 0 Å². The van der Waals surface area contributed by atoms with Crippen molar-refractivity contribution in [2.75, 3.05) is 24.6 Å². The Hall–Kier alpha value is -2.08. The van der Waals surface area contributed by atoms with Crippen LogP contribution >= 0.6 is 0 Å².